The molecule has 188 valence electrons. The van der Waals surface area contributed by atoms with Crippen LogP contribution in [0.25, 0.3) is 0 Å². The summed E-state index contributed by atoms with van der Waals surface area (Å²) in [7, 11) is 0. The molecule has 1 saturated carbocycles. The molecule has 2 heterocycles. The number of ether oxygens (including phenoxy) is 1. The quantitative estimate of drug-likeness (QED) is 0.315. The van der Waals surface area contributed by atoms with Gasteiger partial charge in [0.25, 0.3) is 0 Å². The first-order valence-electron chi connectivity index (χ1n) is 12.8. The number of rotatable bonds is 8. The lowest BCUT2D eigenvalue weighted by Gasteiger charge is -2.39. The highest BCUT2D eigenvalue weighted by atomic mass is 16.5. The van der Waals surface area contributed by atoms with Gasteiger partial charge in [-0.05, 0) is 75.1 Å². The average Bonchev–Trinajstić information content (AvgIpc) is 2.93. The predicted octanol–water partition coefficient (Wildman–Crippen LogP) is 5.63. The molecule has 0 atom stereocenters. The minimum absolute atomic E-state index is 0.361. The summed E-state index contributed by atoms with van der Waals surface area (Å²) in [6, 6.07) is 20.0. The van der Waals surface area contributed by atoms with Crippen molar-refractivity contribution in [2.75, 3.05) is 36.5 Å². The van der Waals surface area contributed by atoms with Gasteiger partial charge in [-0.25, -0.2) is 0 Å². The minimum atomic E-state index is 0.361. The molecule has 0 unspecified atom stereocenters. The van der Waals surface area contributed by atoms with E-state index >= 15 is 0 Å². The molecule has 1 aliphatic heterocycles. The molecule has 2 aromatic carbocycles. The Morgan fingerprint density at radius 1 is 1.00 bits per heavy atom. The molecule has 5 rings (SSSR count). The Balaban J connectivity index is 1.28. The maximum Gasteiger partial charge on any atom is 0.127 e. The van der Waals surface area contributed by atoms with E-state index in [2.05, 4.69) is 25.8 Å². The summed E-state index contributed by atoms with van der Waals surface area (Å²) in [4.78, 5) is 19.1. The lowest BCUT2D eigenvalue weighted by atomic mass is 9.89. The first kappa shape index (κ1) is 24.2. The molecule has 1 aliphatic carbocycles. The van der Waals surface area contributed by atoms with E-state index in [1.807, 2.05) is 67.6 Å². The van der Waals surface area contributed by atoms with Gasteiger partial charge in [0, 0.05) is 44.0 Å². The lowest BCUT2D eigenvalue weighted by molar-refractivity contribution is 0.135. The van der Waals surface area contributed by atoms with Crippen LogP contribution in [-0.2, 0) is 0 Å². The van der Waals surface area contributed by atoms with Gasteiger partial charge in [-0.15, -0.1) is 4.91 Å². The number of para-hydroxylation sites is 1. The van der Waals surface area contributed by atoms with E-state index in [1.165, 1.54) is 17.9 Å². The molecular weight excluding hydrogens is 452 g/mol. The van der Waals surface area contributed by atoms with Crippen LogP contribution in [0.3, 0.4) is 0 Å². The number of nitrogens with zero attached hydrogens (tertiary/aromatic N) is 4. The summed E-state index contributed by atoms with van der Waals surface area (Å²) < 4.78 is 5.89. The summed E-state index contributed by atoms with van der Waals surface area (Å²) in [5.41, 5.74) is 3.09. The number of anilines is 3. The predicted molar refractivity (Wildman–Crippen MR) is 144 cm³/mol. The highest BCUT2D eigenvalue weighted by Gasteiger charge is 2.27. The number of nitroso groups, excluding NO2 is 1. The van der Waals surface area contributed by atoms with Gasteiger partial charge >= 0.3 is 0 Å². The molecule has 2 aliphatic rings. The summed E-state index contributed by atoms with van der Waals surface area (Å²) in [6.45, 7) is 6.43. The van der Waals surface area contributed by atoms with E-state index in [9.17, 15) is 4.91 Å². The molecule has 0 radical (unpaired) electrons. The molecule has 3 aromatic rings. The Labute approximate surface area is 212 Å². The molecule has 1 saturated heterocycles. The second kappa shape index (κ2) is 11.5. The summed E-state index contributed by atoms with van der Waals surface area (Å²) in [5, 5.41) is 11.9. The second-order valence-electron chi connectivity index (χ2n) is 9.58. The third kappa shape index (κ3) is 5.83. The summed E-state index contributed by atoms with van der Waals surface area (Å²) in [6.07, 6.45) is 6.32. The van der Waals surface area contributed by atoms with Crippen molar-refractivity contribution in [1.82, 2.24) is 15.2 Å². The Bertz CT molecular complexity index is 1130. The highest BCUT2D eigenvalue weighted by molar-refractivity contribution is 5.76. The smallest absolute Gasteiger partial charge is 0.127 e. The fraction of sp³-hybridized carbons (Fsp3) is 0.393. The van der Waals surface area contributed by atoms with Crippen LogP contribution in [0.1, 0.15) is 31.4 Å². The summed E-state index contributed by atoms with van der Waals surface area (Å²) in [5.74, 6) is 1.45. The maximum absolute atomic E-state index is 12.0. The van der Waals surface area contributed by atoms with Crippen LogP contribution in [0.15, 0.2) is 72.1 Å². The molecule has 2 N–H and O–H groups in total. The van der Waals surface area contributed by atoms with Crippen molar-refractivity contribution in [2.24, 2.45) is 5.29 Å². The number of piperazine rings is 1. The van der Waals surface area contributed by atoms with Gasteiger partial charge in [0.1, 0.15) is 17.2 Å². The number of aryl methyl sites for hydroxylation is 1. The molecule has 8 nitrogen and oxygen atoms in total. The van der Waals surface area contributed by atoms with Crippen molar-refractivity contribution in [3.05, 3.63) is 77.5 Å². The minimum Gasteiger partial charge on any atom is -0.457 e. The van der Waals surface area contributed by atoms with Crippen LogP contribution in [0, 0.1) is 11.8 Å². The number of hydrogen-bond acceptors (Lipinski definition) is 7. The van der Waals surface area contributed by atoms with Crippen LogP contribution < -0.4 is 20.4 Å². The fourth-order valence-corrected chi connectivity index (χ4v) is 5.20. The van der Waals surface area contributed by atoms with Crippen LogP contribution in [-0.4, -0.2) is 48.1 Å². The molecule has 2 fully saturated rings. The Kier molecular flexibility index (Phi) is 7.73. The number of pyridine rings is 1. The van der Waals surface area contributed by atoms with Gasteiger partial charge < -0.3 is 15.4 Å². The fourth-order valence-electron chi connectivity index (χ4n) is 5.20. The Morgan fingerprint density at radius 3 is 2.39 bits per heavy atom. The lowest BCUT2D eigenvalue weighted by Crippen LogP contribution is -2.50. The molecular formula is C28H34N6O2. The van der Waals surface area contributed by atoms with Crippen molar-refractivity contribution in [2.45, 2.75) is 44.7 Å². The van der Waals surface area contributed by atoms with E-state index in [0.717, 1.165) is 56.2 Å². The summed E-state index contributed by atoms with van der Waals surface area (Å²) >= 11 is 0. The van der Waals surface area contributed by atoms with E-state index in [1.54, 1.807) is 6.20 Å². The number of benzene rings is 2. The van der Waals surface area contributed by atoms with Gasteiger partial charge in [0.2, 0.25) is 0 Å². The molecule has 1 aromatic heterocycles. The maximum atomic E-state index is 12.0. The normalized spacial score (nSPS) is 20.5. The third-order valence-electron chi connectivity index (χ3n) is 7.11. The van der Waals surface area contributed by atoms with Crippen LogP contribution in [0.5, 0.6) is 11.5 Å². The zero-order valence-corrected chi connectivity index (χ0v) is 20.8. The monoisotopic (exact) mass is 486 g/mol. The third-order valence-corrected chi connectivity index (χ3v) is 7.11. The zero-order chi connectivity index (χ0) is 24.7. The standard InChI is InChI=1S/C28H34N6O2/c1-21-19-27(31-22-7-9-23(10-8-22)33-17-15-29-16-18-33)28(20-30-21)34(32-35)24-11-13-26(14-12-24)36-25-5-3-2-4-6-25/h2-6,11-14,19-20,22-23,29H,7-10,15-18H2,1H3,(H,30,31). The van der Waals surface area contributed by atoms with Crippen LogP contribution in [0.2, 0.25) is 0 Å². The first-order valence-corrected chi connectivity index (χ1v) is 12.8. The molecule has 0 bridgehead atoms. The van der Waals surface area contributed by atoms with Crippen molar-refractivity contribution >= 4 is 17.1 Å². The van der Waals surface area contributed by atoms with Gasteiger partial charge in [-0.3, -0.25) is 9.88 Å². The van der Waals surface area contributed by atoms with Gasteiger partial charge in [-0.2, -0.15) is 5.01 Å². The second-order valence-corrected chi connectivity index (χ2v) is 9.58. The number of hydrogen-bond donors (Lipinski definition) is 2. The zero-order valence-electron chi connectivity index (χ0n) is 20.8. The first-order chi connectivity index (χ1) is 17.7. The Hall–Kier alpha value is -3.49. The molecule has 36 heavy (non-hydrogen) atoms. The van der Waals surface area contributed by atoms with Gasteiger partial charge in [0.15, 0.2) is 0 Å². The van der Waals surface area contributed by atoms with E-state index in [0.29, 0.717) is 29.2 Å². The molecule has 8 heteroatoms. The van der Waals surface area contributed by atoms with Gasteiger partial charge in [-0.1, -0.05) is 18.2 Å². The molecule has 0 spiro atoms. The van der Waals surface area contributed by atoms with Gasteiger partial charge in [0.05, 0.1) is 22.9 Å². The van der Waals surface area contributed by atoms with E-state index in [-0.39, 0.29) is 0 Å². The average molecular weight is 487 g/mol. The Morgan fingerprint density at radius 2 is 1.69 bits per heavy atom. The topological polar surface area (TPSA) is 82.1 Å². The largest absolute Gasteiger partial charge is 0.457 e. The van der Waals surface area contributed by atoms with E-state index < -0.39 is 0 Å². The van der Waals surface area contributed by atoms with Crippen LogP contribution in [0.4, 0.5) is 17.1 Å². The number of nitrogens with one attached hydrogen (secondary N) is 2. The van der Waals surface area contributed by atoms with E-state index in [4.69, 9.17) is 4.74 Å². The SMILES string of the molecule is Cc1cc(NC2CCC(N3CCNCC3)CC2)c(N(N=O)c2ccc(Oc3ccccc3)cc2)cn1. The van der Waals surface area contributed by atoms with Crippen molar-refractivity contribution in [3.8, 4) is 11.5 Å². The molecule has 0 amide bonds. The highest BCUT2D eigenvalue weighted by Crippen LogP contribution is 2.36. The van der Waals surface area contributed by atoms with Crippen molar-refractivity contribution in [1.29, 1.82) is 0 Å². The van der Waals surface area contributed by atoms with Crippen molar-refractivity contribution in [3.63, 3.8) is 0 Å². The van der Waals surface area contributed by atoms with Crippen molar-refractivity contribution < 1.29 is 4.74 Å². The van der Waals surface area contributed by atoms with Crippen LogP contribution >= 0.6 is 0 Å². The number of aromatic nitrogens is 1.